The molecule has 0 aliphatic rings. The third kappa shape index (κ3) is 5.58. The quantitative estimate of drug-likeness (QED) is 0.404. The van der Waals surface area contributed by atoms with Crippen LogP contribution >= 0.6 is 11.3 Å². The van der Waals surface area contributed by atoms with Gasteiger partial charge in [0.05, 0.1) is 9.77 Å². The van der Waals surface area contributed by atoms with E-state index in [2.05, 4.69) is 15.8 Å². The zero-order chi connectivity index (χ0) is 19.8. The predicted octanol–water partition coefficient (Wildman–Crippen LogP) is 3.85. The van der Waals surface area contributed by atoms with E-state index in [1.54, 1.807) is 36.5 Å². The number of benzene rings is 1. The Bertz CT molecular complexity index is 1000. The molecule has 28 heavy (non-hydrogen) atoms. The number of thiophene rings is 1. The average molecular weight is 415 g/mol. The highest BCUT2D eigenvalue weighted by Crippen LogP contribution is 2.25. The van der Waals surface area contributed by atoms with Crippen LogP contribution in [0.25, 0.3) is 0 Å². The SMILES string of the molecule is O=Cc1sc(Cc2cccnc2)cc1CCCCNS(=O)(=O)c1ccccc1. The normalized spacial score (nSPS) is 11.4. The number of aromatic nitrogens is 1. The summed E-state index contributed by atoms with van der Waals surface area (Å²) >= 11 is 1.51. The first kappa shape index (κ1) is 20.4. The number of rotatable bonds is 10. The monoisotopic (exact) mass is 414 g/mol. The molecule has 0 amide bonds. The molecule has 2 heterocycles. The fraction of sp³-hybridized carbons (Fsp3) is 0.238. The number of hydrogen-bond donors (Lipinski definition) is 1. The van der Waals surface area contributed by atoms with Gasteiger partial charge in [0.25, 0.3) is 0 Å². The topological polar surface area (TPSA) is 76.1 Å². The minimum atomic E-state index is -3.46. The summed E-state index contributed by atoms with van der Waals surface area (Å²) in [7, 11) is -3.46. The summed E-state index contributed by atoms with van der Waals surface area (Å²) < 4.78 is 27.0. The van der Waals surface area contributed by atoms with Gasteiger partial charge >= 0.3 is 0 Å². The van der Waals surface area contributed by atoms with Crippen LogP contribution < -0.4 is 4.72 Å². The largest absolute Gasteiger partial charge is 0.297 e. The lowest BCUT2D eigenvalue weighted by Crippen LogP contribution is -2.24. The number of carbonyl (C=O) groups excluding carboxylic acids is 1. The van der Waals surface area contributed by atoms with Crippen molar-refractivity contribution in [2.45, 2.75) is 30.6 Å². The molecule has 3 aromatic rings. The van der Waals surface area contributed by atoms with E-state index in [0.29, 0.717) is 13.0 Å². The maximum absolute atomic E-state index is 12.2. The second-order valence-corrected chi connectivity index (χ2v) is 9.36. The van der Waals surface area contributed by atoms with Crippen molar-refractivity contribution in [1.82, 2.24) is 9.71 Å². The van der Waals surface area contributed by atoms with Crippen LogP contribution in [0.15, 0.2) is 65.8 Å². The number of hydrogen-bond acceptors (Lipinski definition) is 5. The number of aldehydes is 1. The number of nitrogens with one attached hydrogen (secondary N) is 1. The fourth-order valence-electron chi connectivity index (χ4n) is 2.92. The van der Waals surface area contributed by atoms with Gasteiger partial charge in [-0.15, -0.1) is 11.3 Å². The van der Waals surface area contributed by atoms with E-state index in [1.165, 1.54) is 11.3 Å². The molecule has 0 bridgehead atoms. The highest BCUT2D eigenvalue weighted by atomic mass is 32.2. The maximum Gasteiger partial charge on any atom is 0.240 e. The van der Waals surface area contributed by atoms with E-state index in [9.17, 15) is 13.2 Å². The molecule has 1 aromatic carbocycles. The molecular weight excluding hydrogens is 392 g/mol. The molecule has 0 atom stereocenters. The Kier molecular flexibility index (Phi) is 7.08. The standard InChI is InChI=1S/C21H22N2O3S2/c24-16-21-18(14-19(27-21)13-17-7-6-11-22-15-17)8-4-5-12-23-28(25,26)20-9-2-1-3-10-20/h1-3,6-7,9-11,14-16,23H,4-5,8,12-13H2. The molecule has 0 unspecified atom stereocenters. The van der Waals surface area contributed by atoms with Crippen LogP contribution in [-0.4, -0.2) is 26.2 Å². The Morgan fingerprint density at radius 1 is 1.07 bits per heavy atom. The van der Waals surface area contributed by atoms with Crippen molar-refractivity contribution in [3.63, 3.8) is 0 Å². The zero-order valence-corrected chi connectivity index (χ0v) is 17.0. The summed E-state index contributed by atoms with van der Waals surface area (Å²) in [6.07, 6.45) is 7.51. The second-order valence-electron chi connectivity index (χ2n) is 6.43. The molecule has 0 radical (unpaired) electrons. The lowest BCUT2D eigenvalue weighted by atomic mass is 10.1. The molecule has 0 fully saturated rings. The van der Waals surface area contributed by atoms with Crippen molar-refractivity contribution in [2.75, 3.05) is 6.54 Å². The third-order valence-corrected chi connectivity index (χ3v) is 6.90. The molecule has 3 rings (SSSR count). The smallest absolute Gasteiger partial charge is 0.240 e. The van der Waals surface area contributed by atoms with Crippen molar-refractivity contribution < 1.29 is 13.2 Å². The van der Waals surface area contributed by atoms with Crippen molar-refractivity contribution in [3.05, 3.63) is 81.8 Å². The van der Waals surface area contributed by atoms with Crippen LogP contribution in [0.3, 0.4) is 0 Å². The van der Waals surface area contributed by atoms with Crippen LogP contribution in [0.2, 0.25) is 0 Å². The zero-order valence-electron chi connectivity index (χ0n) is 15.4. The Morgan fingerprint density at radius 3 is 2.61 bits per heavy atom. The van der Waals surface area contributed by atoms with Gasteiger partial charge in [0.15, 0.2) is 6.29 Å². The number of sulfonamides is 1. The second kappa shape index (κ2) is 9.73. The molecule has 0 spiro atoms. The summed E-state index contributed by atoms with van der Waals surface area (Å²) in [6.45, 7) is 0.375. The lowest BCUT2D eigenvalue weighted by Gasteiger charge is -2.06. The molecular formula is C21H22N2O3S2. The number of unbranched alkanes of at least 4 members (excludes halogenated alkanes) is 1. The van der Waals surface area contributed by atoms with Crippen LogP contribution in [0.4, 0.5) is 0 Å². The summed E-state index contributed by atoms with van der Waals surface area (Å²) in [5, 5.41) is 0. The first-order chi connectivity index (χ1) is 13.6. The van der Waals surface area contributed by atoms with E-state index < -0.39 is 10.0 Å². The molecule has 0 aliphatic heterocycles. The van der Waals surface area contributed by atoms with Gasteiger partial charge in [-0.3, -0.25) is 9.78 Å². The highest BCUT2D eigenvalue weighted by molar-refractivity contribution is 7.89. The molecule has 146 valence electrons. The van der Waals surface area contributed by atoms with Gasteiger partial charge in [0.2, 0.25) is 10.0 Å². The van der Waals surface area contributed by atoms with E-state index >= 15 is 0 Å². The van der Waals surface area contributed by atoms with Gasteiger partial charge in [-0.1, -0.05) is 24.3 Å². The van der Waals surface area contributed by atoms with E-state index in [-0.39, 0.29) is 4.90 Å². The lowest BCUT2D eigenvalue weighted by molar-refractivity contribution is 0.112. The van der Waals surface area contributed by atoms with Gasteiger partial charge < -0.3 is 0 Å². The number of carbonyl (C=O) groups is 1. The van der Waals surface area contributed by atoms with Crippen LogP contribution in [-0.2, 0) is 22.9 Å². The van der Waals surface area contributed by atoms with Crippen LogP contribution in [0, 0.1) is 0 Å². The summed E-state index contributed by atoms with van der Waals surface area (Å²) in [5.74, 6) is 0. The van der Waals surface area contributed by atoms with Crippen LogP contribution in [0.1, 0.15) is 38.5 Å². The molecule has 5 nitrogen and oxygen atoms in total. The minimum Gasteiger partial charge on any atom is -0.297 e. The van der Waals surface area contributed by atoms with Crippen LogP contribution in [0.5, 0.6) is 0 Å². The number of nitrogens with zero attached hydrogens (tertiary/aromatic N) is 1. The third-order valence-electron chi connectivity index (χ3n) is 4.32. The van der Waals surface area contributed by atoms with Gasteiger partial charge in [-0.25, -0.2) is 13.1 Å². The van der Waals surface area contributed by atoms with Crippen molar-refractivity contribution in [2.24, 2.45) is 0 Å². The minimum absolute atomic E-state index is 0.274. The predicted molar refractivity (Wildman–Crippen MR) is 111 cm³/mol. The van der Waals surface area contributed by atoms with Gasteiger partial charge in [-0.2, -0.15) is 0 Å². The number of pyridine rings is 1. The van der Waals surface area contributed by atoms with Crippen molar-refractivity contribution in [1.29, 1.82) is 0 Å². The van der Waals surface area contributed by atoms with Crippen molar-refractivity contribution >= 4 is 27.6 Å². The number of aryl methyl sites for hydroxylation is 1. The van der Waals surface area contributed by atoms with E-state index in [0.717, 1.165) is 46.4 Å². The molecule has 7 heteroatoms. The first-order valence-corrected chi connectivity index (χ1v) is 11.4. The van der Waals surface area contributed by atoms with Gasteiger partial charge in [0.1, 0.15) is 0 Å². The summed E-state index contributed by atoms with van der Waals surface area (Å²) in [4.78, 5) is 17.7. The Balaban J connectivity index is 1.50. The summed E-state index contributed by atoms with van der Waals surface area (Å²) in [5.41, 5.74) is 2.15. The van der Waals surface area contributed by atoms with E-state index in [4.69, 9.17) is 0 Å². The molecule has 0 aliphatic carbocycles. The Labute approximate surface area is 169 Å². The van der Waals surface area contributed by atoms with E-state index in [1.807, 2.05) is 18.3 Å². The molecule has 0 saturated heterocycles. The fourth-order valence-corrected chi connectivity index (χ4v) is 5.08. The Morgan fingerprint density at radius 2 is 1.89 bits per heavy atom. The van der Waals surface area contributed by atoms with Crippen molar-refractivity contribution in [3.8, 4) is 0 Å². The Hall–Kier alpha value is -2.35. The highest BCUT2D eigenvalue weighted by Gasteiger charge is 2.13. The first-order valence-electron chi connectivity index (χ1n) is 9.09. The van der Waals surface area contributed by atoms with Gasteiger partial charge in [0, 0.05) is 30.2 Å². The molecule has 0 saturated carbocycles. The maximum atomic E-state index is 12.2. The summed E-state index contributed by atoms with van der Waals surface area (Å²) in [6, 6.07) is 14.3. The molecule has 2 aromatic heterocycles. The molecule has 1 N–H and O–H groups in total. The average Bonchev–Trinajstić information content (AvgIpc) is 3.10. The van der Waals surface area contributed by atoms with Gasteiger partial charge in [-0.05, 0) is 54.7 Å².